The molecule has 3 N–H and O–H groups in total. The molecule has 2 fully saturated rings. The van der Waals surface area contributed by atoms with Gasteiger partial charge < -0.3 is 15.0 Å². The Morgan fingerprint density at radius 3 is 2.66 bits per heavy atom. The summed E-state index contributed by atoms with van der Waals surface area (Å²) in [4.78, 5) is 32.0. The average molecular weight is 522 g/mol. The van der Waals surface area contributed by atoms with Crippen LogP contribution in [0.5, 0.6) is 5.88 Å². The lowest BCUT2D eigenvalue weighted by Gasteiger charge is -2.38. The molecule has 0 spiro atoms. The molecule has 5 heterocycles. The number of piperidine rings is 1. The maximum absolute atomic E-state index is 14.3. The molecular weight excluding hydrogens is 496 g/mol. The van der Waals surface area contributed by atoms with E-state index in [0.29, 0.717) is 29.4 Å². The van der Waals surface area contributed by atoms with Gasteiger partial charge >= 0.3 is 0 Å². The standard InChI is InChI=1S/C26H25F2N7O3/c1-38-23-9-17(19(27)12-29-23)21-10-22(33-32-21)26(37)35-15-3-4-16(35)8-14(7-15)25(36)30-11-13-2-5-20-18(6-13)24(28)34-31-20/h2,5-6,9-10,12,14-16H,3-4,7-8,11H2,1H3,(H,30,36)(H,31,34)(H,32,33)/t14?,15-,16+. The van der Waals surface area contributed by atoms with Gasteiger partial charge in [0.25, 0.3) is 5.91 Å². The second-order valence-corrected chi connectivity index (χ2v) is 9.75. The van der Waals surface area contributed by atoms with Crippen molar-refractivity contribution in [2.75, 3.05) is 7.11 Å². The minimum Gasteiger partial charge on any atom is -0.481 e. The van der Waals surface area contributed by atoms with Gasteiger partial charge in [-0.15, -0.1) is 5.10 Å². The number of carbonyl (C=O) groups is 2. The fourth-order valence-electron chi connectivity index (χ4n) is 5.63. The smallest absolute Gasteiger partial charge is 0.274 e. The van der Waals surface area contributed by atoms with E-state index in [1.807, 2.05) is 11.0 Å². The number of H-pyrrole nitrogens is 2. The molecule has 1 aromatic carbocycles. The van der Waals surface area contributed by atoms with E-state index >= 15 is 0 Å². The number of ether oxygens (including phenoxy) is 1. The molecule has 3 atom stereocenters. The van der Waals surface area contributed by atoms with E-state index < -0.39 is 11.8 Å². The van der Waals surface area contributed by atoms with Crippen molar-refractivity contribution in [3.8, 4) is 17.1 Å². The summed E-state index contributed by atoms with van der Waals surface area (Å²) < 4.78 is 33.2. The van der Waals surface area contributed by atoms with Crippen LogP contribution in [-0.2, 0) is 11.3 Å². The first-order chi connectivity index (χ1) is 18.4. The summed E-state index contributed by atoms with van der Waals surface area (Å²) in [7, 11) is 1.44. The maximum Gasteiger partial charge on any atom is 0.274 e. The first-order valence-corrected chi connectivity index (χ1v) is 12.4. The highest BCUT2D eigenvalue weighted by atomic mass is 19.1. The molecule has 2 saturated heterocycles. The third-order valence-corrected chi connectivity index (χ3v) is 7.51. The lowest BCUT2D eigenvalue weighted by Crippen LogP contribution is -2.49. The second-order valence-electron chi connectivity index (χ2n) is 9.75. The second kappa shape index (κ2) is 9.51. The van der Waals surface area contributed by atoms with Gasteiger partial charge in [0.1, 0.15) is 0 Å². The van der Waals surface area contributed by atoms with E-state index in [1.165, 1.54) is 19.2 Å². The van der Waals surface area contributed by atoms with Gasteiger partial charge in [-0.1, -0.05) is 6.07 Å². The van der Waals surface area contributed by atoms with Gasteiger partial charge in [0.05, 0.1) is 29.9 Å². The molecule has 2 aliphatic rings. The Labute approximate surface area is 215 Å². The zero-order chi connectivity index (χ0) is 26.4. The number of halogens is 2. The topological polar surface area (TPSA) is 129 Å². The van der Waals surface area contributed by atoms with Gasteiger partial charge in [0.15, 0.2) is 11.5 Å². The van der Waals surface area contributed by atoms with Crippen LogP contribution in [0.3, 0.4) is 0 Å². The summed E-state index contributed by atoms with van der Waals surface area (Å²) in [6.45, 7) is 0.278. The molecule has 2 bridgehead atoms. The molecule has 2 aliphatic heterocycles. The summed E-state index contributed by atoms with van der Waals surface area (Å²) in [5.74, 6) is -1.43. The number of hydrogen-bond acceptors (Lipinski definition) is 6. The molecule has 1 unspecified atom stereocenters. The number of nitrogens with zero attached hydrogens (tertiary/aromatic N) is 4. The highest BCUT2D eigenvalue weighted by Crippen LogP contribution is 2.40. The monoisotopic (exact) mass is 521 g/mol. The third kappa shape index (κ3) is 4.25. The van der Waals surface area contributed by atoms with Gasteiger partial charge in [-0.2, -0.15) is 9.49 Å². The number of carbonyl (C=O) groups excluding carboxylic acids is 2. The Hall–Kier alpha value is -4.35. The van der Waals surface area contributed by atoms with Crippen LogP contribution in [-0.4, -0.2) is 61.3 Å². The van der Waals surface area contributed by atoms with E-state index in [1.54, 1.807) is 12.1 Å². The molecule has 0 radical (unpaired) electrons. The number of aromatic nitrogens is 5. The first-order valence-electron chi connectivity index (χ1n) is 12.4. The zero-order valence-corrected chi connectivity index (χ0v) is 20.5. The quantitative estimate of drug-likeness (QED) is 0.357. The third-order valence-electron chi connectivity index (χ3n) is 7.51. The van der Waals surface area contributed by atoms with Crippen molar-refractivity contribution in [3.63, 3.8) is 0 Å². The van der Waals surface area contributed by atoms with Crippen molar-refractivity contribution < 1.29 is 23.1 Å². The number of fused-ring (bicyclic) bond motifs is 3. The van der Waals surface area contributed by atoms with Crippen molar-refractivity contribution in [1.82, 2.24) is 35.6 Å². The van der Waals surface area contributed by atoms with E-state index in [2.05, 4.69) is 30.7 Å². The summed E-state index contributed by atoms with van der Waals surface area (Å²) in [6, 6.07) is 8.03. The number of methoxy groups -OCH3 is 1. The van der Waals surface area contributed by atoms with Crippen LogP contribution in [0, 0.1) is 17.7 Å². The van der Waals surface area contributed by atoms with E-state index in [9.17, 15) is 18.4 Å². The Morgan fingerprint density at radius 2 is 1.89 bits per heavy atom. The lowest BCUT2D eigenvalue weighted by molar-refractivity contribution is -0.127. The molecule has 0 saturated carbocycles. The van der Waals surface area contributed by atoms with Crippen LogP contribution < -0.4 is 10.1 Å². The summed E-state index contributed by atoms with van der Waals surface area (Å²) in [5, 5.41) is 16.4. The minimum absolute atomic E-state index is 0.0775. The van der Waals surface area contributed by atoms with E-state index in [-0.39, 0.29) is 53.5 Å². The highest BCUT2D eigenvalue weighted by Gasteiger charge is 2.45. The number of pyridine rings is 1. The van der Waals surface area contributed by atoms with Crippen LogP contribution in [0.25, 0.3) is 22.2 Å². The predicted octanol–water partition coefficient (Wildman–Crippen LogP) is 3.33. The number of aromatic amines is 2. The van der Waals surface area contributed by atoms with Gasteiger partial charge in [0.2, 0.25) is 17.7 Å². The van der Waals surface area contributed by atoms with E-state index in [4.69, 9.17) is 4.74 Å². The fourth-order valence-corrected chi connectivity index (χ4v) is 5.63. The normalized spacial score (nSPS) is 20.6. The largest absolute Gasteiger partial charge is 0.481 e. The van der Waals surface area contributed by atoms with Crippen molar-refractivity contribution in [1.29, 1.82) is 0 Å². The zero-order valence-electron chi connectivity index (χ0n) is 20.5. The van der Waals surface area contributed by atoms with Gasteiger partial charge in [-0.25, -0.2) is 9.37 Å². The molecule has 2 amide bonds. The number of benzene rings is 1. The van der Waals surface area contributed by atoms with E-state index in [0.717, 1.165) is 24.6 Å². The molecule has 0 aliphatic carbocycles. The van der Waals surface area contributed by atoms with Gasteiger partial charge in [-0.3, -0.25) is 19.8 Å². The van der Waals surface area contributed by atoms with Crippen LogP contribution in [0.4, 0.5) is 8.78 Å². The molecule has 38 heavy (non-hydrogen) atoms. The van der Waals surface area contributed by atoms with Crippen molar-refractivity contribution in [2.45, 2.75) is 44.3 Å². The lowest BCUT2D eigenvalue weighted by atomic mass is 9.89. The van der Waals surface area contributed by atoms with Crippen LogP contribution >= 0.6 is 0 Å². The molecule has 3 aromatic heterocycles. The molecule has 4 aromatic rings. The Kier molecular flexibility index (Phi) is 6.01. The Balaban J connectivity index is 1.11. The summed E-state index contributed by atoms with van der Waals surface area (Å²) in [6.07, 6.45) is 3.78. The molecule has 196 valence electrons. The van der Waals surface area contributed by atoms with Gasteiger partial charge in [0, 0.05) is 36.2 Å². The minimum atomic E-state index is -0.573. The Bertz CT molecular complexity index is 1520. The maximum atomic E-state index is 14.3. The predicted molar refractivity (Wildman–Crippen MR) is 132 cm³/mol. The number of nitrogens with one attached hydrogen (secondary N) is 3. The van der Waals surface area contributed by atoms with Gasteiger partial charge in [-0.05, 0) is 49.4 Å². The summed E-state index contributed by atoms with van der Waals surface area (Å²) in [5.41, 5.74) is 2.12. The van der Waals surface area contributed by atoms with Crippen LogP contribution in [0.15, 0.2) is 36.5 Å². The molecule has 10 nitrogen and oxygen atoms in total. The van der Waals surface area contributed by atoms with Crippen LogP contribution in [0.2, 0.25) is 0 Å². The van der Waals surface area contributed by atoms with Crippen LogP contribution in [0.1, 0.15) is 41.7 Å². The number of hydrogen-bond donors (Lipinski definition) is 3. The number of rotatable bonds is 6. The fraction of sp³-hybridized carbons (Fsp3) is 0.346. The van der Waals surface area contributed by atoms with Crippen molar-refractivity contribution in [3.05, 3.63) is 59.6 Å². The van der Waals surface area contributed by atoms with Crippen molar-refractivity contribution >= 4 is 22.7 Å². The molecule has 12 heteroatoms. The highest BCUT2D eigenvalue weighted by molar-refractivity contribution is 5.94. The molecule has 6 rings (SSSR count). The SMILES string of the molecule is COc1cc(-c2cc(C(=O)N3[C@@H]4CC[C@H]3CC(C(=O)NCc3ccc5[nH]nc(F)c5c3)C4)n[nH]2)c(F)cn1. The van der Waals surface area contributed by atoms with Crippen molar-refractivity contribution in [2.24, 2.45) is 5.92 Å². The number of amides is 2. The first kappa shape index (κ1) is 24.0. The average Bonchev–Trinajstić information content (AvgIpc) is 3.63. The Morgan fingerprint density at radius 1 is 1.11 bits per heavy atom. The summed E-state index contributed by atoms with van der Waals surface area (Å²) >= 11 is 0. The molecular formula is C26H25F2N7O3.